The first-order valence-corrected chi connectivity index (χ1v) is 9.26. The molecule has 0 aliphatic heterocycles. The number of amides is 1. The first-order valence-electron chi connectivity index (χ1n) is 9.26. The van der Waals surface area contributed by atoms with Gasteiger partial charge in [0.15, 0.2) is 0 Å². The van der Waals surface area contributed by atoms with E-state index in [1.807, 2.05) is 37.3 Å². The monoisotopic (exact) mass is 380 g/mol. The van der Waals surface area contributed by atoms with E-state index in [1.165, 1.54) is 17.8 Å². The van der Waals surface area contributed by atoms with Gasteiger partial charge in [-0.15, -0.1) is 0 Å². The number of hydrogen-bond acceptors (Lipinski definition) is 4. The molecule has 3 rings (SSSR count). The average molecular weight is 380 g/mol. The molecule has 0 fully saturated rings. The van der Waals surface area contributed by atoms with Crippen LogP contribution in [0.3, 0.4) is 0 Å². The number of fused-ring (bicyclic) bond motifs is 1. The summed E-state index contributed by atoms with van der Waals surface area (Å²) >= 11 is 0. The Bertz CT molecular complexity index is 1130. The fourth-order valence-corrected chi connectivity index (χ4v) is 3.39. The molecule has 0 bridgehead atoms. The third-order valence-corrected chi connectivity index (χ3v) is 5.21. The minimum atomic E-state index is -0.442. The van der Waals surface area contributed by atoms with Crippen LogP contribution in [-0.2, 0) is 18.9 Å². The van der Waals surface area contributed by atoms with Gasteiger partial charge in [0, 0.05) is 14.1 Å². The lowest BCUT2D eigenvalue weighted by Gasteiger charge is -2.22. The maximum atomic E-state index is 13.0. The highest BCUT2D eigenvalue weighted by Gasteiger charge is 2.26. The highest BCUT2D eigenvalue weighted by Crippen LogP contribution is 2.28. The van der Waals surface area contributed by atoms with Gasteiger partial charge in [0.2, 0.25) is 5.91 Å². The van der Waals surface area contributed by atoms with E-state index in [-0.39, 0.29) is 28.8 Å². The number of pyridine rings is 1. The lowest BCUT2D eigenvalue weighted by molar-refractivity contribution is -0.118. The molecule has 7 heteroatoms. The minimum absolute atomic E-state index is 0.143. The van der Waals surface area contributed by atoms with Gasteiger partial charge in [-0.3, -0.25) is 18.7 Å². The van der Waals surface area contributed by atoms with E-state index in [2.05, 4.69) is 17.2 Å². The third kappa shape index (κ3) is 3.47. The van der Waals surface area contributed by atoms with Crippen LogP contribution >= 0.6 is 0 Å². The Hall–Kier alpha value is -3.22. The number of aryl methyl sites for hydroxylation is 1. The van der Waals surface area contributed by atoms with Crippen molar-refractivity contribution in [1.82, 2.24) is 14.1 Å². The van der Waals surface area contributed by atoms with Gasteiger partial charge in [-0.05, 0) is 17.5 Å². The van der Waals surface area contributed by atoms with E-state index in [9.17, 15) is 14.4 Å². The van der Waals surface area contributed by atoms with Gasteiger partial charge < -0.3 is 5.32 Å². The van der Waals surface area contributed by atoms with Gasteiger partial charge in [0.1, 0.15) is 5.65 Å². The molecule has 0 spiro atoms. The smallest absolute Gasteiger partial charge is 0.324 e. The molecule has 1 amide bonds. The summed E-state index contributed by atoms with van der Waals surface area (Å²) in [6, 6.07) is 11.2. The Labute approximate surface area is 162 Å². The van der Waals surface area contributed by atoms with E-state index in [0.29, 0.717) is 5.69 Å². The van der Waals surface area contributed by atoms with Crippen molar-refractivity contribution in [3.05, 3.63) is 69.0 Å². The summed E-state index contributed by atoms with van der Waals surface area (Å²) in [6.07, 6.45) is 2.32. The number of nitrogens with zero attached hydrogens (tertiary/aromatic N) is 3. The van der Waals surface area contributed by atoms with Crippen LogP contribution in [0.25, 0.3) is 11.0 Å². The first kappa shape index (κ1) is 19.5. The maximum Gasteiger partial charge on any atom is 0.332 e. The van der Waals surface area contributed by atoms with Gasteiger partial charge >= 0.3 is 5.69 Å². The van der Waals surface area contributed by atoms with Crippen LogP contribution in [-0.4, -0.2) is 20.0 Å². The van der Waals surface area contributed by atoms with Crippen molar-refractivity contribution in [2.45, 2.75) is 26.2 Å². The third-order valence-electron chi connectivity index (χ3n) is 5.21. The summed E-state index contributed by atoms with van der Waals surface area (Å²) in [6.45, 7) is 4.09. The summed E-state index contributed by atoms with van der Waals surface area (Å²) in [5.41, 5.74) is 0.775. The molecular weight excluding hydrogens is 356 g/mol. The SMILES string of the molecule is CCC(C)C(C(=O)Nc1cnc2c(c1)c(=O)n(C)c(=O)n2C)c1ccccc1. The molecule has 2 unspecified atom stereocenters. The largest absolute Gasteiger partial charge is 0.332 e. The Morgan fingerprint density at radius 3 is 2.46 bits per heavy atom. The molecule has 0 radical (unpaired) electrons. The summed E-state index contributed by atoms with van der Waals surface area (Å²) in [5, 5.41) is 3.17. The Morgan fingerprint density at radius 2 is 1.82 bits per heavy atom. The molecule has 1 N–H and O–H groups in total. The topological polar surface area (TPSA) is 86.0 Å². The van der Waals surface area contributed by atoms with Crippen LogP contribution in [0.5, 0.6) is 0 Å². The van der Waals surface area contributed by atoms with Crippen LogP contribution in [0, 0.1) is 5.92 Å². The number of anilines is 1. The molecule has 28 heavy (non-hydrogen) atoms. The lowest BCUT2D eigenvalue weighted by atomic mass is 9.85. The van der Waals surface area contributed by atoms with Crippen molar-refractivity contribution in [2.75, 3.05) is 5.32 Å². The van der Waals surface area contributed by atoms with Gasteiger partial charge in [-0.25, -0.2) is 9.78 Å². The molecule has 7 nitrogen and oxygen atoms in total. The van der Waals surface area contributed by atoms with Crippen molar-refractivity contribution in [3.8, 4) is 0 Å². The van der Waals surface area contributed by atoms with Crippen molar-refractivity contribution in [1.29, 1.82) is 0 Å². The zero-order valence-corrected chi connectivity index (χ0v) is 16.5. The van der Waals surface area contributed by atoms with E-state index >= 15 is 0 Å². The van der Waals surface area contributed by atoms with Gasteiger partial charge in [-0.1, -0.05) is 50.6 Å². The number of benzene rings is 1. The maximum absolute atomic E-state index is 13.0. The zero-order chi connectivity index (χ0) is 20.4. The minimum Gasteiger partial charge on any atom is -0.324 e. The lowest BCUT2D eigenvalue weighted by Crippen LogP contribution is -2.37. The van der Waals surface area contributed by atoms with Crippen LogP contribution in [0.15, 0.2) is 52.2 Å². The number of carbonyl (C=O) groups excluding carboxylic acids is 1. The molecule has 2 atom stereocenters. The number of rotatable bonds is 5. The number of nitrogens with one attached hydrogen (secondary N) is 1. The number of hydrogen-bond donors (Lipinski definition) is 1. The zero-order valence-electron chi connectivity index (χ0n) is 16.5. The predicted molar refractivity (Wildman–Crippen MR) is 109 cm³/mol. The van der Waals surface area contributed by atoms with E-state index in [4.69, 9.17) is 0 Å². The molecule has 146 valence electrons. The fraction of sp³-hybridized carbons (Fsp3) is 0.333. The van der Waals surface area contributed by atoms with Gasteiger partial charge in [0.05, 0.1) is 23.2 Å². The second kappa shape index (κ2) is 7.80. The number of aromatic nitrogens is 3. The van der Waals surface area contributed by atoms with Crippen molar-refractivity contribution >= 4 is 22.6 Å². The summed E-state index contributed by atoms with van der Waals surface area (Å²) in [5.74, 6) is -0.322. The van der Waals surface area contributed by atoms with Crippen molar-refractivity contribution in [3.63, 3.8) is 0 Å². The summed E-state index contributed by atoms with van der Waals surface area (Å²) < 4.78 is 2.34. The second-order valence-electron chi connectivity index (χ2n) is 7.06. The fourth-order valence-electron chi connectivity index (χ4n) is 3.39. The normalized spacial score (nSPS) is 13.3. The molecule has 0 aliphatic carbocycles. The Balaban J connectivity index is 2.00. The van der Waals surface area contributed by atoms with Gasteiger partial charge in [-0.2, -0.15) is 0 Å². The van der Waals surface area contributed by atoms with E-state index in [0.717, 1.165) is 16.6 Å². The highest BCUT2D eigenvalue weighted by molar-refractivity contribution is 5.97. The van der Waals surface area contributed by atoms with E-state index < -0.39 is 11.2 Å². The Kier molecular flexibility index (Phi) is 5.44. The molecule has 3 aromatic rings. The molecular formula is C21H24N4O3. The highest BCUT2D eigenvalue weighted by atomic mass is 16.2. The molecule has 0 saturated heterocycles. The number of carbonyl (C=O) groups is 1. The van der Waals surface area contributed by atoms with Crippen LogP contribution < -0.4 is 16.6 Å². The average Bonchev–Trinajstić information content (AvgIpc) is 2.71. The molecule has 2 aromatic heterocycles. The second-order valence-corrected chi connectivity index (χ2v) is 7.06. The molecule has 0 saturated carbocycles. The standard InChI is InChI=1S/C21H24N4O3/c1-5-13(2)17(14-9-7-6-8-10-14)19(26)23-15-11-16-18(22-12-15)24(3)21(28)25(4)20(16)27/h6-13,17H,5H2,1-4H3,(H,23,26). The predicted octanol–water partition coefficient (Wildman–Crippen LogP) is 2.40. The quantitative estimate of drug-likeness (QED) is 0.736. The van der Waals surface area contributed by atoms with Crippen molar-refractivity contribution in [2.24, 2.45) is 20.0 Å². The first-order chi connectivity index (χ1) is 13.3. The van der Waals surface area contributed by atoms with Crippen molar-refractivity contribution < 1.29 is 4.79 Å². The molecule has 2 heterocycles. The van der Waals surface area contributed by atoms with Crippen LogP contribution in [0.4, 0.5) is 5.69 Å². The Morgan fingerprint density at radius 1 is 1.14 bits per heavy atom. The van der Waals surface area contributed by atoms with E-state index in [1.54, 1.807) is 13.1 Å². The summed E-state index contributed by atoms with van der Waals surface area (Å²) in [7, 11) is 2.98. The molecule has 0 aliphatic rings. The van der Waals surface area contributed by atoms with Crippen LogP contribution in [0.1, 0.15) is 31.7 Å². The van der Waals surface area contributed by atoms with Crippen LogP contribution in [0.2, 0.25) is 0 Å². The summed E-state index contributed by atoms with van der Waals surface area (Å²) in [4.78, 5) is 41.8. The molecule has 1 aromatic carbocycles. The van der Waals surface area contributed by atoms with Gasteiger partial charge in [0.25, 0.3) is 5.56 Å².